The van der Waals surface area contributed by atoms with Gasteiger partial charge in [0.15, 0.2) is 0 Å². The summed E-state index contributed by atoms with van der Waals surface area (Å²) in [5.41, 5.74) is 1.94. The lowest BCUT2D eigenvalue weighted by molar-refractivity contribution is -0.140. The molecule has 0 spiro atoms. The largest absolute Gasteiger partial charge is 0.355 e. The molecular weight excluding hydrogens is 485 g/mol. The standard InChI is InChI=1S/C23H29Cl2N3O4S/c1-5-20(23(30)26-6-2)27(14-17-9-7-8-16(3)12-17)22(29)15-28(33(4,31)32)21-13-18(24)10-11-19(21)25/h7-13,20H,5-6,14-15H2,1-4H3,(H,26,30)/t20-/m0/s1. The van der Waals surface area contributed by atoms with Crippen LogP contribution in [0.5, 0.6) is 0 Å². The Labute approximate surface area is 205 Å². The number of nitrogens with one attached hydrogen (secondary N) is 1. The van der Waals surface area contributed by atoms with Gasteiger partial charge in [-0.3, -0.25) is 13.9 Å². The predicted molar refractivity (Wildman–Crippen MR) is 133 cm³/mol. The van der Waals surface area contributed by atoms with Gasteiger partial charge in [0.2, 0.25) is 21.8 Å². The zero-order chi connectivity index (χ0) is 24.8. The van der Waals surface area contributed by atoms with E-state index in [1.807, 2.05) is 31.2 Å². The Morgan fingerprint density at radius 3 is 2.36 bits per heavy atom. The van der Waals surface area contributed by atoms with Gasteiger partial charge in [-0.25, -0.2) is 8.42 Å². The maximum atomic E-state index is 13.5. The van der Waals surface area contributed by atoms with Crippen LogP contribution in [0.4, 0.5) is 5.69 Å². The SMILES string of the molecule is CCNC(=O)[C@H](CC)N(Cc1cccc(C)c1)C(=O)CN(c1cc(Cl)ccc1Cl)S(C)(=O)=O. The number of carbonyl (C=O) groups excluding carboxylic acids is 2. The Balaban J connectivity index is 2.48. The average Bonchev–Trinajstić information content (AvgIpc) is 2.73. The molecule has 10 heteroatoms. The monoisotopic (exact) mass is 513 g/mol. The van der Waals surface area contributed by atoms with Crippen molar-refractivity contribution in [1.29, 1.82) is 0 Å². The average molecular weight is 514 g/mol. The summed E-state index contributed by atoms with van der Waals surface area (Å²) >= 11 is 12.3. The molecule has 0 fully saturated rings. The highest BCUT2D eigenvalue weighted by atomic mass is 35.5. The molecule has 0 aliphatic heterocycles. The van der Waals surface area contributed by atoms with E-state index in [1.165, 1.54) is 23.1 Å². The van der Waals surface area contributed by atoms with Crippen LogP contribution in [0.3, 0.4) is 0 Å². The normalized spacial score (nSPS) is 12.2. The fourth-order valence-corrected chi connectivity index (χ4v) is 4.78. The molecule has 0 radical (unpaired) electrons. The molecule has 0 bridgehead atoms. The van der Waals surface area contributed by atoms with Crippen molar-refractivity contribution in [3.05, 3.63) is 63.6 Å². The minimum absolute atomic E-state index is 0.0987. The van der Waals surface area contributed by atoms with Crippen LogP contribution in [0.1, 0.15) is 31.4 Å². The van der Waals surface area contributed by atoms with E-state index in [-0.39, 0.29) is 28.2 Å². The molecule has 0 heterocycles. The predicted octanol–water partition coefficient (Wildman–Crippen LogP) is 4.01. The molecule has 2 amide bonds. The second kappa shape index (κ2) is 11.7. The Hall–Kier alpha value is -2.29. The van der Waals surface area contributed by atoms with Crippen LogP contribution in [0.2, 0.25) is 10.0 Å². The third kappa shape index (κ3) is 7.35. The van der Waals surface area contributed by atoms with Gasteiger partial charge in [0.05, 0.1) is 17.0 Å². The van der Waals surface area contributed by atoms with E-state index in [9.17, 15) is 18.0 Å². The molecule has 0 unspecified atom stereocenters. The van der Waals surface area contributed by atoms with Crippen LogP contribution >= 0.6 is 23.2 Å². The third-order valence-electron chi connectivity index (χ3n) is 5.03. The lowest BCUT2D eigenvalue weighted by Gasteiger charge is -2.33. The summed E-state index contributed by atoms with van der Waals surface area (Å²) in [5, 5.41) is 3.17. The second-order valence-electron chi connectivity index (χ2n) is 7.69. The highest BCUT2D eigenvalue weighted by Crippen LogP contribution is 2.31. The van der Waals surface area contributed by atoms with Crippen LogP contribution in [-0.4, -0.2) is 50.5 Å². The van der Waals surface area contributed by atoms with E-state index in [0.29, 0.717) is 13.0 Å². The summed E-state index contributed by atoms with van der Waals surface area (Å²) in [4.78, 5) is 27.7. The first-order valence-corrected chi connectivity index (χ1v) is 13.1. The van der Waals surface area contributed by atoms with E-state index in [0.717, 1.165) is 21.7 Å². The van der Waals surface area contributed by atoms with Crippen molar-refractivity contribution in [3.63, 3.8) is 0 Å². The molecule has 2 rings (SSSR count). The Morgan fingerprint density at radius 2 is 1.79 bits per heavy atom. The number of hydrogen-bond acceptors (Lipinski definition) is 4. The maximum Gasteiger partial charge on any atom is 0.244 e. The first kappa shape index (κ1) is 27.0. The van der Waals surface area contributed by atoms with E-state index < -0.39 is 28.5 Å². The highest BCUT2D eigenvalue weighted by molar-refractivity contribution is 7.92. The van der Waals surface area contributed by atoms with Crippen molar-refractivity contribution in [2.75, 3.05) is 23.7 Å². The van der Waals surface area contributed by atoms with Crippen molar-refractivity contribution < 1.29 is 18.0 Å². The second-order valence-corrected chi connectivity index (χ2v) is 10.4. The topological polar surface area (TPSA) is 86.8 Å². The minimum Gasteiger partial charge on any atom is -0.355 e. The number of benzene rings is 2. The first-order valence-electron chi connectivity index (χ1n) is 10.5. The molecule has 0 saturated carbocycles. The quantitative estimate of drug-likeness (QED) is 0.519. The fourth-order valence-electron chi connectivity index (χ4n) is 3.49. The van der Waals surface area contributed by atoms with Crippen molar-refractivity contribution in [1.82, 2.24) is 10.2 Å². The first-order chi connectivity index (χ1) is 15.5. The Kier molecular flexibility index (Phi) is 9.57. The molecule has 33 heavy (non-hydrogen) atoms. The van der Waals surface area contributed by atoms with Gasteiger partial charge in [0, 0.05) is 18.1 Å². The Bertz CT molecular complexity index is 1110. The van der Waals surface area contributed by atoms with Crippen LogP contribution in [0, 0.1) is 6.92 Å². The van der Waals surface area contributed by atoms with Crippen LogP contribution in [0.25, 0.3) is 0 Å². The number of sulfonamides is 1. The number of amides is 2. The summed E-state index contributed by atoms with van der Waals surface area (Å²) in [7, 11) is -3.89. The molecule has 0 aromatic heterocycles. The number of hydrogen-bond donors (Lipinski definition) is 1. The van der Waals surface area contributed by atoms with Gasteiger partial charge in [-0.05, 0) is 44.0 Å². The molecule has 0 aliphatic rings. The number of aryl methyl sites for hydroxylation is 1. The van der Waals surface area contributed by atoms with Crippen molar-refractivity contribution in [3.8, 4) is 0 Å². The Morgan fingerprint density at radius 1 is 1.09 bits per heavy atom. The number of carbonyl (C=O) groups is 2. The number of halogens is 2. The zero-order valence-electron chi connectivity index (χ0n) is 19.1. The summed E-state index contributed by atoms with van der Waals surface area (Å²) in [6, 6.07) is 11.2. The lowest BCUT2D eigenvalue weighted by Crippen LogP contribution is -2.52. The molecule has 2 aromatic rings. The molecule has 1 N–H and O–H groups in total. The van der Waals surface area contributed by atoms with Gasteiger partial charge in [-0.1, -0.05) is 60.0 Å². The molecule has 0 saturated heterocycles. The zero-order valence-corrected chi connectivity index (χ0v) is 21.5. The number of rotatable bonds is 10. The smallest absolute Gasteiger partial charge is 0.244 e. The van der Waals surface area contributed by atoms with Gasteiger partial charge in [-0.2, -0.15) is 0 Å². The van der Waals surface area contributed by atoms with Crippen LogP contribution < -0.4 is 9.62 Å². The fraction of sp³-hybridized carbons (Fsp3) is 0.391. The minimum atomic E-state index is -3.89. The van der Waals surface area contributed by atoms with E-state index in [1.54, 1.807) is 13.8 Å². The van der Waals surface area contributed by atoms with Gasteiger partial charge in [0.25, 0.3) is 0 Å². The number of nitrogens with zero attached hydrogens (tertiary/aromatic N) is 2. The third-order valence-corrected chi connectivity index (χ3v) is 6.71. The summed E-state index contributed by atoms with van der Waals surface area (Å²) in [6.45, 7) is 5.57. The van der Waals surface area contributed by atoms with Crippen molar-refractivity contribution in [2.45, 2.75) is 39.8 Å². The molecule has 180 valence electrons. The highest BCUT2D eigenvalue weighted by Gasteiger charge is 2.32. The van der Waals surface area contributed by atoms with Gasteiger partial charge in [-0.15, -0.1) is 0 Å². The summed E-state index contributed by atoms with van der Waals surface area (Å²) in [6.07, 6.45) is 1.35. The van der Waals surface area contributed by atoms with Gasteiger partial charge in [0.1, 0.15) is 12.6 Å². The van der Waals surface area contributed by atoms with E-state index >= 15 is 0 Å². The molecule has 7 nitrogen and oxygen atoms in total. The van der Waals surface area contributed by atoms with Crippen LogP contribution in [-0.2, 0) is 26.2 Å². The molecule has 1 atom stereocenters. The number of likely N-dealkylation sites (N-methyl/N-ethyl adjacent to an activating group) is 1. The van der Waals surface area contributed by atoms with Crippen LogP contribution in [0.15, 0.2) is 42.5 Å². The van der Waals surface area contributed by atoms with Crippen molar-refractivity contribution in [2.24, 2.45) is 0 Å². The number of anilines is 1. The van der Waals surface area contributed by atoms with E-state index in [2.05, 4.69) is 5.32 Å². The van der Waals surface area contributed by atoms with Gasteiger partial charge < -0.3 is 10.2 Å². The van der Waals surface area contributed by atoms with Gasteiger partial charge >= 0.3 is 0 Å². The molecule has 0 aliphatic carbocycles. The van der Waals surface area contributed by atoms with E-state index in [4.69, 9.17) is 23.2 Å². The summed E-state index contributed by atoms with van der Waals surface area (Å²) in [5.74, 6) is -0.830. The summed E-state index contributed by atoms with van der Waals surface area (Å²) < 4.78 is 26.1. The lowest BCUT2D eigenvalue weighted by atomic mass is 10.1. The van der Waals surface area contributed by atoms with Crippen molar-refractivity contribution >= 4 is 50.7 Å². The molecule has 2 aromatic carbocycles. The molecular formula is C23H29Cl2N3O4S. The maximum absolute atomic E-state index is 13.5.